The number of carbonyl (C=O) groups is 1. The largest absolute Gasteiger partial charge is 0.384 e. The van der Waals surface area contributed by atoms with Gasteiger partial charge in [0.05, 0.1) is 5.52 Å². The summed E-state index contributed by atoms with van der Waals surface area (Å²) in [6.07, 6.45) is 11.1. The average Bonchev–Trinajstić information content (AvgIpc) is 3.29. The van der Waals surface area contributed by atoms with Gasteiger partial charge < -0.3 is 10.6 Å². The van der Waals surface area contributed by atoms with Gasteiger partial charge in [-0.05, 0) is 63.0 Å². The molecule has 2 aliphatic rings. The van der Waals surface area contributed by atoms with E-state index in [9.17, 15) is 4.79 Å². The molecule has 6 heteroatoms. The maximum Gasteiger partial charge on any atom is 0.219 e. The summed E-state index contributed by atoms with van der Waals surface area (Å²) in [7, 11) is 4.03. The summed E-state index contributed by atoms with van der Waals surface area (Å²) >= 11 is 0. The number of anilines is 1. The molecule has 30 heavy (non-hydrogen) atoms. The summed E-state index contributed by atoms with van der Waals surface area (Å²) < 4.78 is 0. The van der Waals surface area contributed by atoms with Gasteiger partial charge in [0.1, 0.15) is 0 Å². The van der Waals surface area contributed by atoms with E-state index < -0.39 is 0 Å². The van der Waals surface area contributed by atoms with Crippen LogP contribution in [-0.4, -0.2) is 35.0 Å². The highest BCUT2D eigenvalue weighted by Crippen LogP contribution is 2.40. The molecular weight excluding hydrogens is 410 g/mol. The predicted octanol–water partition coefficient (Wildman–Crippen LogP) is 5.75. The maximum absolute atomic E-state index is 12.1. The van der Waals surface area contributed by atoms with E-state index in [0.717, 1.165) is 49.5 Å². The fourth-order valence-electron chi connectivity index (χ4n) is 4.41. The lowest BCUT2D eigenvalue weighted by molar-refractivity contribution is -0.121. The standard InChI is InChI=1S/C24H33N3OS2/c28-23(13-6-1-8-18-14-17-29-30-18)25-15-7-16-26-24-19-9-2-4-11-21(19)27-22-12-5-3-10-20(22)24/h2,4,9,11,18H,1,3,5-8,10,12-17H2,(H,25,28)(H,26,27). The molecule has 2 aromatic rings. The number of aryl methyl sites for hydroxylation is 1. The first-order valence-corrected chi connectivity index (χ1v) is 13.9. The van der Waals surface area contributed by atoms with Crippen molar-refractivity contribution in [3.63, 3.8) is 0 Å². The molecule has 1 amide bonds. The van der Waals surface area contributed by atoms with Crippen molar-refractivity contribution in [3.8, 4) is 0 Å². The minimum Gasteiger partial charge on any atom is -0.384 e. The van der Waals surface area contributed by atoms with E-state index in [4.69, 9.17) is 4.98 Å². The second kappa shape index (κ2) is 11.3. The quantitative estimate of drug-likeness (QED) is 0.362. The van der Waals surface area contributed by atoms with Crippen LogP contribution in [0.25, 0.3) is 10.9 Å². The number of nitrogens with zero attached hydrogens (tertiary/aromatic N) is 1. The predicted molar refractivity (Wildman–Crippen MR) is 131 cm³/mol. The Morgan fingerprint density at radius 2 is 2.00 bits per heavy atom. The van der Waals surface area contributed by atoms with E-state index in [1.165, 1.54) is 60.2 Å². The molecule has 0 saturated carbocycles. The molecule has 2 N–H and O–H groups in total. The Hall–Kier alpha value is -1.40. The topological polar surface area (TPSA) is 54.0 Å². The molecule has 1 unspecified atom stereocenters. The van der Waals surface area contributed by atoms with Gasteiger partial charge in [-0.25, -0.2) is 0 Å². The third-order valence-corrected chi connectivity index (χ3v) is 9.06. The number of fused-ring (bicyclic) bond motifs is 2. The number of aromatic nitrogens is 1. The number of pyridine rings is 1. The Labute approximate surface area is 188 Å². The van der Waals surface area contributed by atoms with Crippen LogP contribution in [0.1, 0.15) is 62.6 Å². The number of hydrogen-bond donors (Lipinski definition) is 2. The number of amides is 1. The molecule has 4 rings (SSSR count). The van der Waals surface area contributed by atoms with Crippen molar-refractivity contribution in [2.45, 2.75) is 69.5 Å². The lowest BCUT2D eigenvalue weighted by atomic mass is 9.92. The zero-order valence-electron chi connectivity index (χ0n) is 17.8. The lowest BCUT2D eigenvalue weighted by Crippen LogP contribution is -2.25. The number of unbranched alkanes of at least 4 members (excludes halogenated alkanes) is 1. The van der Waals surface area contributed by atoms with Gasteiger partial charge in [0.2, 0.25) is 5.91 Å². The highest BCUT2D eigenvalue weighted by molar-refractivity contribution is 8.77. The fourth-order valence-corrected chi connectivity index (χ4v) is 7.44. The summed E-state index contributed by atoms with van der Waals surface area (Å²) in [5.74, 6) is 1.50. The Bertz CT molecular complexity index is 852. The monoisotopic (exact) mass is 443 g/mol. The van der Waals surface area contributed by atoms with Crippen LogP contribution in [0.2, 0.25) is 0 Å². The van der Waals surface area contributed by atoms with Crippen molar-refractivity contribution < 1.29 is 4.79 Å². The van der Waals surface area contributed by atoms with Crippen LogP contribution in [0, 0.1) is 0 Å². The first-order valence-electron chi connectivity index (χ1n) is 11.5. The third-order valence-electron chi connectivity index (χ3n) is 6.05. The molecule has 1 atom stereocenters. The Morgan fingerprint density at radius 3 is 2.90 bits per heavy atom. The molecule has 4 nitrogen and oxygen atoms in total. The van der Waals surface area contributed by atoms with Gasteiger partial charge in [-0.1, -0.05) is 46.2 Å². The summed E-state index contributed by atoms with van der Waals surface area (Å²) in [5.41, 5.74) is 5.03. The Morgan fingerprint density at radius 1 is 1.10 bits per heavy atom. The number of para-hydroxylation sites is 1. The normalized spacial score (nSPS) is 18.3. The van der Waals surface area contributed by atoms with Gasteiger partial charge in [-0.3, -0.25) is 9.78 Å². The van der Waals surface area contributed by atoms with E-state index >= 15 is 0 Å². The van der Waals surface area contributed by atoms with Crippen molar-refractivity contribution in [2.24, 2.45) is 0 Å². The first kappa shape index (κ1) is 21.8. The van der Waals surface area contributed by atoms with Crippen LogP contribution in [0.3, 0.4) is 0 Å². The molecule has 0 radical (unpaired) electrons. The van der Waals surface area contributed by atoms with Crippen molar-refractivity contribution in [1.82, 2.24) is 10.3 Å². The third kappa shape index (κ3) is 5.85. The number of hydrogen-bond acceptors (Lipinski definition) is 5. The van der Waals surface area contributed by atoms with Gasteiger partial charge >= 0.3 is 0 Å². The average molecular weight is 444 g/mol. The molecule has 1 saturated heterocycles. The van der Waals surface area contributed by atoms with Crippen LogP contribution in [0.4, 0.5) is 5.69 Å². The van der Waals surface area contributed by atoms with Crippen molar-refractivity contribution in [2.75, 3.05) is 24.2 Å². The van der Waals surface area contributed by atoms with Gasteiger partial charge in [0.15, 0.2) is 0 Å². The van der Waals surface area contributed by atoms with Gasteiger partial charge in [-0.2, -0.15) is 0 Å². The fraction of sp³-hybridized carbons (Fsp3) is 0.583. The van der Waals surface area contributed by atoms with Crippen molar-refractivity contribution in [1.29, 1.82) is 0 Å². The van der Waals surface area contributed by atoms with Crippen LogP contribution >= 0.6 is 21.6 Å². The molecule has 1 aliphatic heterocycles. The second-order valence-corrected chi connectivity index (χ2v) is 11.1. The first-order chi connectivity index (χ1) is 14.8. The minimum atomic E-state index is 0.204. The Balaban J connectivity index is 1.19. The molecule has 1 aromatic carbocycles. The second-order valence-electron chi connectivity index (χ2n) is 8.34. The van der Waals surface area contributed by atoms with Gasteiger partial charge in [0.25, 0.3) is 0 Å². The molecular formula is C24H33N3OS2. The zero-order valence-corrected chi connectivity index (χ0v) is 19.4. The van der Waals surface area contributed by atoms with Crippen LogP contribution in [0.5, 0.6) is 0 Å². The van der Waals surface area contributed by atoms with Crippen molar-refractivity contribution in [3.05, 3.63) is 35.5 Å². The van der Waals surface area contributed by atoms with Gasteiger partial charge in [0, 0.05) is 47.3 Å². The summed E-state index contributed by atoms with van der Waals surface area (Å²) in [5, 5.41) is 8.82. The zero-order chi connectivity index (χ0) is 20.6. The SMILES string of the molecule is O=C(CCCCC1CCSS1)NCCCNc1c2c(nc3ccccc13)CCCC2. The number of nitrogens with one attached hydrogen (secondary N) is 2. The van der Waals surface area contributed by atoms with E-state index in [1.807, 2.05) is 21.6 Å². The number of benzene rings is 1. The van der Waals surface area contributed by atoms with Crippen LogP contribution in [-0.2, 0) is 17.6 Å². The number of carbonyl (C=O) groups excluding carboxylic acids is 1. The molecule has 1 aliphatic carbocycles. The van der Waals surface area contributed by atoms with E-state index in [1.54, 1.807) is 0 Å². The highest BCUT2D eigenvalue weighted by atomic mass is 33.1. The summed E-state index contributed by atoms with van der Waals surface area (Å²) in [6.45, 7) is 1.61. The molecule has 162 valence electrons. The molecule has 2 heterocycles. The minimum absolute atomic E-state index is 0.204. The number of rotatable bonds is 10. The van der Waals surface area contributed by atoms with Crippen LogP contribution < -0.4 is 10.6 Å². The van der Waals surface area contributed by atoms with E-state index in [-0.39, 0.29) is 5.91 Å². The molecule has 1 aromatic heterocycles. The Kier molecular flexibility index (Phi) is 8.21. The van der Waals surface area contributed by atoms with E-state index in [0.29, 0.717) is 6.42 Å². The van der Waals surface area contributed by atoms with E-state index in [2.05, 4.69) is 34.9 Å². The highest BCUT2D eigenvalue weighted by Gasteiger charge is 2.18. The molecule has 0 spiro atoms. The molecule has 1 fully saturated rings. The maximum atomic E-state index is 12.1. The van der Waals surface area contributed by atoms with Gasteiger partial charge in [-0.15, -0.1) is 0 Å². The lowest BCUT2D eigenvalue weighted by Gasteiger charge is -2.21. The summed E-state index contributed by atoms with van der Waals surface area (Å²) in [6, 6.07) is 8.44. The van der Waals surface area contributed by atoms with Crippen LogP contribution in [0.15, 0.2) is 24.3 Å². The summed E-state index contributed by atoms with van der Waals surface area (Å²) in [4.78, 5) is 17.0. The molecule has 0 bridgehead atoms. The van der Waals surface area contributed by atoms with Crippen molar-refractivity contribution >= 4 is 44.1 Å². The smallest absolute Gasteiger partial charge is 0.219 e.